The van der Waals surface area contributed by atoms with E-state index in [1.165, 1.54) is 5.56 Å². The number of hydrogen-bond acceptors (Lipinski definition) is 5. The lowest BCUT2D eigenvalue weighted by Crippen LogP contribution is -2.46. The van der Waals surface area contributed by atoms with Crippen molar-refractivity contribution in [2.24, 2.45) is 0 Å². The first-order valence-electron chi connectivity index (χ1n) is 12.0. The molecule has 2 heterocycles. The summed E-state index contributed by atoms with van der Waals surface area (Å²) in [6, 6.07) is 14.9. The highest BCUT2D eigenvalue weighted by atomic mass is 35.5. The fourth-order valence-corrected chi connectivity index (χ4v) is 4.24. The Labute approximate surface area is 211 Å². The van der Waals surface area contributed by atoms with Gasteiger partial charge in [0.1, 0.15) is 0 Å². The summed E-state index contributed by atoms with van der Waals surface area (Å²) in [6.07, 6.45) is 1.82. The first-order valence-corrected chi connectivity index (χ1v) is 12.3. The van der Waals surface area contributed by atoms with Crippen LogP contribution in [0, 0.1) is 0 Å². The van der Waals surface area contributed by atoms with Crippen LogP contribution in [0.2, 0.25) is 5.02 Å². The van der Waals surface area contributed by atoms with Gasteiger partial charge in [-0.15, -0.1) is 0 Å². The number of aryl methyl sites for hydroxylation is 1. The van der Waals surface area contributed by atoms with Gasteiger partial charge in [0, 0.05) is 29.4 Å². The number of urea groups is 1. The van der Waals surface area contributed by atoms with Crippen molar-refractivity contribution >= 4 is 23.2 Å². The van der Waals surface area contributed by atoms with Gasteiger partial charge in [0.05, 0.1) is 17.7 Å². The molecule has 1 aliphatic heterocycles. The normalized spacial score (nSPS) is 16.2. The van der Waals surface area contributed by atoms with Gasteiger partial charge in [-0.1, -0.05) is 60.1 Å². The number of amides is 2. The lowest BCUT2D eigenvalue weighted by molar-refractivity contribution is 0.0736. The highest BCUT2D eigenvalue weighted by Gasteiger charge is 2.35. The van der Waals surface area contributed by atoms with Gasteiger partial charge in [-0.2, -0.15) is 4.98 Å². The van der Waals surface area contributed by atoms with Crippen LogP contribution in [0.25, 0.3) is 17.0 Å². The number of halogens is 1. The number of ether oxygens (including phenoxy) is 1. The van der Waals surface area contributed by atoms with Gasteiger partial charge >= 0.3 is 6.03 Å². The number of hydrogen-bond donors (Lipinski definition) is 1. The first kappa shape index (κ1) is 24.9. The molecule has 3 aromatic rings. The van der Waals surface area contributed by atoms with Crippen molar-refractivity contribution in [1.29, 1.82) is 0 Å². The van der Waals surface area contributed by atoms with Crippen LogP contribution in [-0.2, 0) is 11.2 Å². The van der Waals surface area contributed by atoms with E-state index in [2.05, 4.69) is 29.5 Å². The summed E-state index contributed by atoms with van der Waals surface area (Å²) in [4.78, 5) is 19.5. The van der Waals surface area contributed by atoms with E-state index >= 15 is 0 Å². The second-order valence-corrected chi connectivity index (χ2v) is 9.27. The van der Waals surface area contributed by atoms with Gasteiger partial charge in [-0.05, 0) is 56.9 Å². The van der Waals surface area contributed by atoms with Crippen LogP contribution in [0.5, 0.6) is 0 Å². The molecule has 2 amide bonds. The molecule has 8 heteroatoms. The Hall–Kier alpha value is -3.16. The van der Waals surface area contributed by atoms with E-state index < -0.39 is 6.04 Å². The van der Waals surface area contributed by atoms with Crippen molar-refractivity contribution in [3.63, 3.8) is 0 Å². The van der Waals surface area contributed by atoms with Gasteiger partial charge in [0.15, 0.2) is 0 Å². The summed E-state index contributed by atoms with van der Waals surface area (Å²) in [5.74, 6) is 0.882. The molecular weight excluding hydrogens is 464 g/mol. The molecule has 0 fully saturated rings. The van der Waals surface area contributed by atoms with Crippen molar-refractivity contribution in [2.45, 2.75) is 52.7 Å². The summed E-state index contributed by atoms with van der Waals surface area (Å²) < 4.78 is 11.4. The Balaban J connectivity index is 1.69. The highest BCUT2D eigenvalue weighted by Crippen LogP contribution is 2.37. The molecule has 0 saturated carbocycles. The third-order valence-electron chi connectivity index (χ3n) is 6.05. The van der Waals surface area contributed by atoms with E-state index in [0.717, 1.165) is 28.8 Å². The van der Waals surface area contributed by atoms with E-state index in [9.17, 15) is 4.79 Å². The molecule has 1 N–H and O–H groups in total. The summed E-state index contributed by atoms with van der Waals surface area (Å²) >= 11 is 6.11. The fourth-order valence-electron chi connectivity index (χ4n) is 4.11. The Morgan fingerprint density at radius 1 is 1.14 bits per heavy atom. The molecule has 1 atom stereocenters. The summed E-state index contributed by atoms with van der Waals surface area (Å²) in [5.41, 5.74) is 4.54. The number of allylic oxidation sites excluding steroid dienone is 1. The van der Waals surface area contributed by atoms with E-state index in [1.54, 1.807) is 17.0 Å². The Kier molecular flexibility index (Phi) is 7.88. The van der Waals surface area contributed by atoms with E-state index in [0.29, 0.717) is 36.3 Å². The predicted molar refractivity (Wildman–Crippen MR) is 137 cm³/mol. The maximum Gasteiger partial charge on any atom is 0.322 e. The zero-order chi connectivity index (χ0) is 24.9. The van der Waals surface area contributed by atoms with Crippen LogP contribution < -0.4 is 5.32 Å². The number of carbonyl (C=O) groups is 1. The van der Waals surface area contributed by atoms with Crippen LogP contribution in [-0.4, -0.2) is 40.3 Å². The topological polar surface area (TPSA) is 80.5 Å². The first-order chi connectivity index (χ1) is 16.9. The quantitative estimate of drug-likeness (QED) is 0.355. The van der Waals surface area contributed by atoms with E-state index in [-0.39, 0.29) is 12.1 Å². The molecule has 7 nitrogen and oxygen atoms in total. The number of benzene rings is 2. The van der Waals surface area contributed by atoms with Crippen molar-refractivity contribution in [1.82, 2.24) is 20.4 Å². The predicted octanol–water partition coefficient (Wildman–Crippen LogP) is 6.27. The minimum Gasteiger partial charge on any atom is -0.379 e. The number of carbonyl (C=O) groups excluding carboxylic acids is 1. The van der Waals surface area contributed by atoms with Crippen molar-refractivity contribution in [3.05, 3.63) is 76.3 Å². The molecule has 0 bridgehead atoms. The smallest absolute Gasteiger partial charge is 0.322 e. The van der Waals surface area contributed by atoms with Gasteiger partial charge in [0.25, 0.3) is 5.89 Å². The number of aromatic nitrogens is 2. The Morgan fingerprint density at radius 2 is 1.86 bits per heavy atom. The van der Waals surface area contributed by atoms with Crippen molar-refractivity contribution < 1.29 is 14.1 Å². The number of nitrogens with one attached hydrogen (secondary N) is 1. The van der Waals surface area contributed by atoms with Crippen LogP contribution >= 0.6 is 11.6 Å². The van der Waals surface area contributed by atoms with Crippen LogP contribution in [0.4, 0.5) is 4.79 Å². The monoisotopic (exact) mass is 494 g/mol. The molecule has 0 spiro atoms. The molecular formula is C27H31ClN4O3. The molecule has 0 saturated heterocycles. The second-order valence-electron chi connectivity index (χ2n) is 8.83. The molecule has 1 aromatic heterocycles. The molecule has 1 unspecified atom stereocenters. The molecule has 184 valence electrons. The molecule has 4 rings (SSSR count). The van der Waals surface area contributed by atoms with Crippen molar-refractivity contribution in [2.75, 3.05) is 13.2 Å². The largest absolute Gasteiger partial charge is 0.379 e. The molecule has 1 aliphatic rings. The zero-order valence-corrected chi connectivity index (χ0v) is 21.3. The summed E-state index contributed by atoms with van der Waals surface area (Å²) in [7, 11) is 0. The van der Waals surface area contributed by atoms with Crippen LogP contribution in [0.1, 0.15) is 57.2 Å². The second kappa shape index (κ2) is 11.1. The SMILES string of the molecule is CCc1ccc(-c2noc(C3=C(C)N(CCCOC(C)C)C(=O)NC3c3ccc(Cl)cc3)n2)cc1. The third kappa shape index (κ3) is 5.74. The molecule has 0 radical (unpaired) electrons. The average Bonchev–Trinajstić information content (AvgIpc) is 3.33. The standard InChI is InChI=1S/C27H31ClN4O3/c1-5-19-7-9-21(10-8-19)25-30-26(35-31-25)23-18(4)32(15-6-16-34-17(2)3)27(33)29-24(23)20-11-13-22(28)14-12-20/h7-14,17,24H,5-6,15-16H2,1-4H3,(H,29,33). The van der Waals surface area contributed by atoms with Crippen molar-refractivity contribution in [3.8, 4) is 11.4 Å². The highest BCUT2D eigenvalue weighted by molar-refractivity contribution is 6.30. The lowest BCUT2D eigenvalue weighted by Gasteiger charge is -2.35. The van der Waals surface area contributed by atoms with Gasteiger partial charge < -0.3 is 14.6 Å². The molecule has 2 aromatic carbocycles. The van der Waals surface area contributed by atoms with Gasteiger partial charge in [0.2, 0.25) is 5.82 Å². The van der Waals surface area contributed by atoms with Gasteiger partial charge in [-0.3, -0.25) is 4.90 Å². The molecule has 35 heavy (non-hydrogen) atoms. The fraction of sp³-hybridized carbons (Fsp3) is 0.370. The van der Waals surface area contributed by atoms with E-state index in [1.807, 2.05) is 45.0 Å². The number of rotatable bonds is 9. The van der Waals surface area contributed by atoms with Crippen LogP contribution in [0.15, 0.2) is 58.8 Å². The average molecular weight is 495 g/mol. The molecule has 0 aliphatic carbocycles. The van der Waals surface area contributed by atoms with E-state index in [4.69, 9.17) is 25.8 Å². The lowest BCUT2D eigenvalue weighted by atomic mass is 9.94. The Morgan fingerprint density at radius 3 is 2.51 bits per heavy atom. The third-order valence-corrected chi connectivity index (χ3v) is 6.31. The Bertz CT molecular complexity index is 1190. The zero-order valence-electron chi connectivity index (χ0n) is 20.5. The maximum atomic E-state index is 13.1. The summed E-state index contributed by atoms with van der Waals surface area (Å²) in [6.45, 7) is 9.11. The summed E-state index contributed by atoms with van der Waals surface area (Å²) in [5, 5.41) is 7.98. The van der Waals surface area contributed by atoms with Crippen LogP contribution in [0.3, 0.4) is 0 Å². The number of nitrogens with zero attached hydrogens (tertiary/aromatic N) is 3. The minimum atomic E-state index is -0.446. The maximum absolute atomic E-state index is 13.1. The van der Waals surface area contributed by atoms with Gasteiger partial charge in [-0.25, -0.2) is 4.79 Å². The minimum absolute atomic E-state index is 0.148.